The second-order valence-electron chi connectivity index (χ2n) is 5.88. The average molecular weight is 348 g/mol. The lowest BCUT2D eigenvalue weighted by Crippen LogP contribution is -2.17. The molecule has 1 fully saturated rings. The van der Waals surface area contributed by atoms with Crippen LogP contribution in [0.5, 0.6) is 0 Å². The first kappa shape index (κ1) is 15.7. The molecule has 0 radical (unpaired) electrons. The minimum absolute atomic E-state index is 0.0438. The monoisotopic (exact) mass is 348 g/mol. The fraction of sp³-hybridized carbons (Fsp3) is 0.312. The molecule has 1 aliphatic rings. The molecule has 0 amide bonds. The van der Waals surface area contributed by atoms with Gasteiger partial charge in [0.25, 0.3) is 5.82 Å². The van der Waals surface area contributed by atoms with Crippen LogP contribution in [0.1, 0.15) is 18.7 Å². The summed E-state index contributed by atoms with van der Waals surface area (Å²) in [7, 11) is 0. The number of benzene rings is 1. The van der Waals surface area contributed by atoms with Gasteiger partial charge in [-0.05, 0) is 49.2 Å². The molecule has 25 heavy (non-hydrogen) atoms. The smallest absolute Gasteiger partial charge is 0.372 e. The average Bonchev–Trinajstić information content (AvgIpc) is 3.24. The fourth-order valence-electron chi connectivity index (χ4n) is 2.91. The summed E-state index contributed by atoms with van der Waals surface area (Å²) in [5, 5.41) is 13.6. The van der Waals surface area contributed by atoms with E-state index in [0.29, 0.717) is 4.52 Å². The number of nitrogens with zero attached hydrogens (tertiary/aromatic N) is 5. The second kappa shape index (κ2) is 5.91. The first-order valence-electron chi connectivity index (χ1n) is 7.92. The molecule has 0 unspecified atom stereocenters. The number of anilines is 3. The van der Waals surface area contributed by atoms with Crippen LogP contribution in [0.2, 0.25) is 0 Å². The van der Waals surface area contributed by atoms with Gasteiger partial charge in [-0.3, -0.25) is 0 Å². The van der Waals surface area contributed by atoms with Crippen molar-refractivity contribution in [1.29, 1.82) is 0 Å². The minimum Gasteiger partial charge on any atom is -0.372 e. The van der Waals surface area contributed by atoms with Gasteiger partial charge in [0.15, 0.2) is 11.5 Å². The molecular weight excluding hydrogens is 333 g/mol. The normalized spacial score (nSPS) is 15.1. The van der Waals surface area contributed by atoms with Crippen molar-refractivity contribution >= 4 is 22.8 Å². The van der Waals surface area contributed by atoms with Gasteiger partial charge >= 0.3 is 6.18 Å². The summed E-state index contributed by atoms with van der Waals surface area (Å²) < 4.78 is 39.4. The molecule has 6 nitrogen and oxygen atoms in total. The first-order chi connectivity index (χ1) is 12.0. The molecule has 1 N–H and O–H groups in total. The van der Waals surface area contributed by atoms with E-state index >= 15 is 0 Å². The number of aromatic nitrogens is 4. The van der Waals surface area contributed by atoms with Crippen LogP contribution in [0.3, 0.4) is 0 Å². The van der Waals surface area contributed by atoms with Crippen molar-refractivity contribution in [2.24, 2.45) is 0 Å². The standard InChI is InChI=1S/C16H15F3N6/c17-16(18,19)15-22-21-14-8-7-13(23-25(14)15)20-11-3-5-12(6-4-11)24-9-1-2-10-24/h3-8H,1-2,9-10H2,(H,20,23). The van der Waals surface area contributed by atoms with Gasteiger partial charge in [-0.25, -0.2) is 0 Å². The zero-order chi connectivity index (χ0) is 17.4. The Bertz CT molecular complexity index is 881. The van der Waals surface area contributed by atoms with E-state index < -0.39 is 12.0 Å². The lowest BCUT2D eigenvalue weighted by Gasteiger charge is -2.17. The largest absolute Gasteiger partial charge is 0.453 e. The van der Waals surface area contributed by atoms with E-state index in [1.807, 2.05) is 24.3 Å². The maximum Gasteiger partial charge on any atom is 0.453 e. The Hall–Kier alpha value is -2.84. The van der Waals surface area contributed by atoms with Crippen LogP contribution in [0.4, 0.5) is 30.4 Å². The molecule has 9 heteroatoms. The van der Waals surface area contributed by atoms with Crippen molar-refractivity contribution in [3.63, 3.8) is 0 Å². The lowest BCUT2D eigenvalue weighted by molar-refractivity contribution is -0.146. The molecule has 1 aliphatic heterocycles. The van der Waals surface area contributed by atoms with Crippen LogP contribution in [-0.2, 0) is 6.18 Å². The summed E-state index contributed by atoms with van der Waals surface area (Å²) in [6.45, 7) is 2.11. The molecule has 0 spiro atoms. The third-order valence-corrected chi connectivity index (χ3v) is 4.13. The number of halogens is 3. The molecule has 2 aromatic heterocycles. The highest BCUT2D eigenvalue weighted by atomic mass is 19.4. The van der Waals surface area contributed by atoms with Crippen molar-refractivity contribution in [2.75, 3.05) is 23.3 Å². The maximum atomic E-state index is 12.9. The lowest BCUT2D eigenvalue weighted by atomic mass is 10.2. The van der Waals surface area contributed by atoms with Crippen LogP contribution in [0.15, 0.2) is 36.4 Å². The summed E-state index contributed by atoms with van der Waals surface area (Å²) in [4.78, 5) is 2.31. The highest BCUT2D eigenvalue weighted by Crippen LogP contribution is 2.28. The molecule has 3 heterocycles. The molecule has 1 aromatic carbocycles. The molecule has 0 bridgehead atoms. The number of rotatable bonds is 3. The van der Waals surface area contributed by atoms with Crippen molar-refractivity contribution in [2.45, 2.75) is 19.0 Å². The van der Waals surface area contributed by atoms with E-state index in [0.717, 1.165) is 24.5 Å². The third kappa shape index (κ3) is 3.09. The summed E-state index contributed by atoms with van der Waals surface area (Å²) in [5.41, 5.74) is 1.93. The van der Waals surface area contributed by atoms with Crippen LogP contribution in [0, 0.1) is 0 Å². The van der Waals surface area contributed by atoms with Crippen LogP contribution >= 0.6 is 0 Å². The molecule has 0 atom stereocenters. The highest BCUT2D eigenvalue weighted by molar-refractivity contribution is 5.61. The van der Waals surface area contributed by atoms with Crippen molar-refractivity contribution in [1.82, 2.24) is 19.8 Å². The quantitative estimate of drug-likeness (QED) is 0.785. The van der Waals surface area contributed by atoms with E-state index in [4.69, 9.17) is 0 Å². The van der Waals surface area contributed by atoms with Gasteiger partial charge < -0.3 is 10.2 Å². The van der Waals surface area contributed by atoms with E-state index in [9.17, 15) is 13.2 Å². The van der Waals surface area contributed by atoms with Gasteiger partial charge in [0, 0.05) is 24.5 Å². The predicted molar refractivity (Wildman–Crippen MR) is 87.0 cm³/mol. The summed E-state index contributed by atoms with van der Waals surface area (Å²) in [6, 6.07) is 10.8. The molecule has 130 valence electrons. The molecule has 0 saturated carbocycles. The number of nitrogens with one attached hydrogen (secondary N) is 1. The van der Waals surface area contributed by atoms with Crippen LogP contribution in [-0.4, -0.2) is 32.9 Å². The number of hydrogen-bond acceptors (Lipinski definition) is 5. The van der Waals surface area contributed by atoms with E-state index in [-0.39, 0.29) is 11.5 Å². The Kier molecular flexibility index (Phi) is 3.70. The molecule has 3 aromatic rings. The van der Waals surface area contributed by atoms with E-state index in [1.54, 1.807) is 6.07 Å². The fourth-order valence-corrected chi connectivity index (χ4v) is 2.91. The minimum atomic E-state index is -4.61. The van der Waals surface area contributed by atoms with Gasteiger partial charge in [0.1, 0.15) is 0 Å². The number of alkyl halides is 3. The molecular formula is C16H15F3N6. The Balaban J connectivity index is 1.57. The predicted octanol–water partition coefficient (Wildman–Crippen LogP) is 3.49. The second-order valence-corrected chi connectivity index (χ2v) is 5.88. The number of hydrogen-bond donors (Lipinski definition) is 1. The Labute approximate surface area is 141 Å². The summed E-state index contributed by atoms with van der Waals surface area (Å²) in [5.74, 6) is -0.859. The third-order valence-electron chi connectivity index (χ3n) is 4.13. The zero-order valence-electron chi connectivity index (χ0n) is 13.2. The Morgan fingerprint density at radius 3 is 2.32 bits per heavy atom. The van der Waals surface area contributed by atoms with Crippen LogP contribution < -0.4 is 10.2 Å². The Morgan fingerprint density at radius 1 is 0.920 bits per heavy atom. The van der Waals surface area contributed by atoms with Gasteiger partial charge in [0.05, 0.1) is 0 Å². The van der Waals surface area contributed by atoms with Gasteiger partial charge in [-0.15, -0.1) is 15.3 Å². The van der Waals surface area contributed by atoms with Gasteiger partial charge in [0.2, 0.25) is 0 Å². The summed E-state index contributed by atoms with van der Waals surface area (Å²) >= 11 is 0. The van der Waals surface area contributed by atoms with Gasteiger partial charge in [-0.1, -0.05) is 0 Å². The molecule has 4 rings (SSSR count). The van der Waals surface area contributed by atoms with Gasteiger partial charge in [-0.2, -0.15) is 17.7 Å². The van der Waals surface area contributed by atoms with E-state index in [2.05, 4.69) is 25.5 Å². The highest BCUT2D eigenvalue weighted by Gasteiger charge is 2.37. The molecule has 0 aliphatic carbocycles. The molecule has 1 saturated heterocycles. The first-order valence-corrected chi connectivity index (χ1v) is 7.92. The Morgan fingerprint density at radius 2 is 1.64 bits per heavy atom. The maximum absolute atomic E-state index is 12.9. The summed E-state index contributed by atoms with van der Waals surface area (Å²) in [6.07, 6.45) is -2.21. The topological polar surface area (TPSA) is 58.4 Å². The van der Waals surface area contributed by atoms with Crippen molar-refractivity contribution in [3.8, 4) is 0 Å². The zero-order valence-corrected chi connectivity index (χ0v) is 13.2. The SMILES string of the molecule is FC(F)(F)c1nnc2ccc(Nc3ccc(N4CCCC4)cc3)nn12. The van der Waals surface area contributed by atoms with Crippen molar-refractivity contribution < 1.29 is 13.2 Å². The van der Waals surface area contributed by atoms with Crippen molar-refractivity contribution in [3.05, 3.63) is 42.2 Å². The number of fused-ring (bicyclic) bond motifs is 1. The van der Waals surface area contributed by atoms with Crippen LogP contribution in [0.25, 0.3) is 5.65 Å². The van der Waals surface area contributed by atoms with E-state index in [1.165, 1.54) is 18.9 Å².